The number of ether oxygens (including phenoxy) is 1. The summed E-state index contributed by atoms with van der Waals surface area (Å²) in [4.78, 5) is 23.3. The molecule has 41 heavy (non-hydrogen) atoms. The molecule has 2 aliphatic rings. The molecule has 2 fully saturated rings. The number of halogens is 3. The van der Waals surface area contributed by atoms with Crippen LogP contribution in [0.25, 0.3) is 22.3 Å². The van der Waals surface area contributed by atoms with Gasteiger partial charge in [0.15, 0.2) is 5.65 Å². The van der Waals surface area contributed by atoms with Crippen molar-refractivity contribution in [3.8, 4) is 28.8 Å². The summed E-state index contributed by atoms with van der Waals surface area (Å²) < 4.78 is 49.5. The molecule has 6 rings (SSSR count). The van der Waals surface area contributed by atoms with Gasteiger partial charge in [-0.05, 0) is 43.7 Å². The maximum Gasteiger partial charge on any atom is 0.264 e. The SMILES string of the molecule is N#CC(=CC1CC1)C(=O)N1CCC[C@H]1Cn1nc(-c2ccc(Oc3cc(F)cc(F)c3)cc2F)c2c(N)ncnc21. The Morgan fingerprint density at radius 1 is 1.10 bits per heavy atom. The number of fused-ring (bicyclic) bond motifs is 1. The van der Waals surface area contributed by atoms with Crippen LogP contribution in [-0.2, 0) is 11.3 Å². The average molecular weight is 560 g/mol. The highest BCUT2D eigenvalue weighted by atomic mass is 19.1. The summed E-state index contributed by atoms with van der Waals surface area (Å²) in [5.74, 6) is -2.37. The number of allylic oxidation sites excluding steroid dienone is 1. The van der Waals surface area contributed by atoms with Crippen molar-refractivity contribution in [3.63, 3.8) is 0 Å². The maximum absolute atomic E-state index is 15.4. The number of hydrogen-bond acceptors (Lipinski definition) is 7. The molecule has 2 N–H and O–H groups in total. The van der Waals surface area contributed by atoms with Gasteiger partial charge in [-0.25, -0.2) is 27.8 Å². The highest BCUT2D eigenvalue weighted by Crippen LogP contribution is 2.35. The van der Waals surface area contributed by atoms with E-state index < -0.39 is 17.5 Å². The second-order valence-electron chi connectivity index (χ2n) is 10.2. The molecule has 0 spiro atoms. The van der Waals surface area contributed by atoms with E-state index in [0.29, 0.717) is 30.1 Å². The molecule has 9 nitrogen and oxygen atoms in total. The van der Waals surface area contributed by atoms with Gasteiger partial charge in [0.05, 0.1) is 18.0 Å². The first-order valence-electron chi connectivity index (χ1n) is 13.1. The highest BCUT2D eigenvalue weighted by molar-refractivity contribution is 5.99. The van der Waals surface area contributed by atoms with Crippen molar-refractivity contribution in [1.82, 2.24) is 24.6 Å². The Labute approximate surface area is 232 Å². The van der Waals surface area contributed by atoms with Crippen LogP contribution in [0.1, 0.15) is 25.7 Å². The molecule has 0 radical (unpaired) electrons. The van der Waals surface area contributed by atoms with Crippen LogP contribution in [0.5, 0.6) is 11.5 Å². The number of aromatic nitrogens is 4. The van der Waals surface area contributed by atoms with Crippen LogP contribution in [0.2, 0.25) is 0 Å². The van der Waals surface area contributed by atoms with Gasteiger partial charge in [0, 0.05) is 36.4 Å². The number of nitrogen functional groups attached to an aromatic ring is 1. The third-order valence-corrected chi connectivity index (χ3v) is 7.22. The number of nitrogens with two attached hydrogens (primary N) is 1. The number of anilines is 1. The Morgan fingerprint density at radius 2 is 1.88 bits per heavy atom. The molecule has 2 aromatic carbocycles. The normalized spacial score (nSPS) is 17.2. The molecule has 3 heterocycles. The summed E-state index contributed by atoms with van der Waals surface area (Å²) in [5, 5.41) is 14.5. The van der Waals surface area contributed by atoms with Crippen molar-refractivity contribution in [2.75, 3.05) is 12.3 Å². The zero-order valence-corrected chi connectivity index (χ0v) is 21.7. The van der Waals surface area contributed by atoms with Crippen LogP contribution in [0.4, 0.5) is 19.0 Å². The number of rotatable bonds is 7. The van der Waals surface area contributed by atoms with Crippen LogP contribution in [0, 0.1) is 34.7 Å². The Bertz CT molecular complexity index is 1720. The lowest BCUT2D eigenvalue weighted by Crippen LogP contribution is -2.39. The van der Waals surface area contributed by atoms with Gasteiger partial charge in [0.1, 0.15) is 58.4 Å². The Balaban J connectivity index is 1.31. The van der Waals surface area contributed by atoms with Gasteiger partial charge < -0.3 is 15.4 Å². The zero-order chi connectivity index (χ0) is 28.7. The number of carbonyl (C=O) groups is 1. The van der Waals surface area contributed by atoms with Gasteiger partial charge in [-0.1, -0.05) is 6.08 Å². The van der Waals surface area contributed by atoms with Gasteiger partial charge in [0.2, 0.25) is 0 Å². The van der Waals surface area contributed by atoms with Crippen LogP contribution >= 0.6 is 0 Å². The van der Waals surface area contributed by atoms with Crippen molar-refractivity contribution in [2.24, 2.45) is 5.92 Å². The van der Waals surface area contributed by atoms with Crippen molar-refractivity contribution < 1.29 is 22.7 Å². The van der Waals surface area contributed by atoms with E-state index in [1.54, 1.807) is 15.7 Å². The maximum atomic E-state index is 15.4. The van der Waals surface area contributed by atoms with Crippen LogP contribution in [0.15, 0.2) is 54.4 Å². The number of likely N-dealkylation sites (tertiary alicyclic amines) is 1. The molecule has 0 unspecified atom stereocenters. The first-order chi connectivity index (χ1) is 19.8. The standard InChI is InChI=1S/C29H24F3N7O2/c30-18-9-19(31)11-22(10-18)41-21-5-6-23(24(32)12-21)26-25-27(34)35-15-36-28(25)39(37-26)14-20-2-1-7-38(20)29(40)17(13-33)8-16-3-4-16/h5-6,8-12,15-16,20H,1-4,7,14H2,(H2,34,35,36)/t20-/m0/s1. The predicted octanol–water partition coefficient (Wildman–Crippen LogP) is 5.14. The number of nitriles is 1. The van der Waals surface area contributed by atoms with E-state index in [4.69, 9.17) is 10.5 Å². The first-order valence-corrected chi connectivity index (χ1v) is 13.1. The molecule has 1 saturated carbocycles. The van der Waals surface area contributed by atoms with Gasteiger partial charge in [0.25, 0.3) is 5.91 Å². The minimum atomic E-state index is -0.824. The summed E-state index contributed by atoms with van der Waals surface area (Å²) in [5.41, 5.74) is 6.99. The van der Waals surface area contributed by atoms with E-state index in [2.05, 4.69) is 15.1 Å². The molecular formula is C29H24F3N7O2. The molecule has 4 aromatic rings. The largest absolute Gasteiger partial charge is 0.457 e. The van der Waals surface area contributed by atoms with Crippen LogP contribution in [-0.4, -0.2) is 43.1 Å². The minimum absolute atomic E-state index is 0.0249. The van der Waals surface area contributed by atoms with Crippen molar-refractivity contribution in [2.45, 2.75) is 38.3 Å². The molecule has 208 valence electrons. The molecule has 1 atom stereocenters. The second-order valence-corrected chi connectivity index (χ2v) is 10.2. The lowest BCUT2D eigenvalue weighted by molar-refractivity contribution is -0.127. The molecule has 2 aromatic heterocycles. The summed E-state index contributed by atoms with van der Waals surface area (Å²) in [6.45, 7) is 0.774. The monoisotopic (exact) mass is 559 g/mol. The van der Waals surface area contributed by atoms with E-state index in [1.807, 2.05) is 6.07 Å². The van der Waals surface area contributed by atoms with E-state index in [1.165, 1.54) is 18.5 Å². The van der Waals surface area contributed by atoms with Crippen LogP contribution in [0.3, 0.4) is 0 Å². The highest BCUT2D eigenvalue weighted by Gasteiger charge is 2.33. The van der Waals surface area contributed by atoms with Gasteiger partial charge in [-0.3, -0.25) is 4.79 Å². The fraction of sp³-hybridized carbons (Fsp3) is 0.276. The first kappa shape index (κ1) is 26.3. The van der Waals surface area contributed by atoms with Gasteiger partial charge in [-0.15, -0.1) is 0 Å². The van der Waals surface area contributed by atoms with Gasteiger partial charge >= 0.3 is 0 Å². The topological polar surface area (TPSA) is 123 Å². The third-order valence-electron chi connectivity index (χ3n) is 7.22. The quantitative estimate of drug-likeness (QED) is 0.246. The van der Waals surface area contributed by atoms with E-state index in [9.17, 15) is 18.8 Å². The zero-order valence-electron chi connectivity index (χ0n) is 21.7. The number of nitrogens with zero attached hydrogens (tertiary/aromatic N) is 6. The van der Waals surface area contributed by atoms with Crippen molar-refractivity contribution >= 4 is 22.8 Å². The van der Waals surface area contributed by atoms with E-state index in [-0.39, 0.29) is 58.6 Å². The van der Waals surface area contributed by atoms with Crippen molar-refractivity contribution in [1.29, 1.82) is 5.26 Å². The molecule has 1 aliphatic carbocycles. The fourth-order valence-electron chi connectivity index (χ4n) is 5.12. The molecule has 0 bridgehead atoms. The third kappa shape index (κ3) is 5.30. The number of amides is 1. The lowest BCUT2D eigenvalue weighted by atomic mass is 10.1. The van der Waals surface area contributed by atoms with Crippen molar-refractivity contribution in [3.05, 3.63) is 71.8 Å². The summed E-state index contributed by atoms with van der Waals surface area (Å²) >= 11 is 0. The fourth-order valence-corrected chi connectivity index (χ4v) is 5.12. The van der Waals surface area contributed by atoms with E-state index in [0.717, 1.165) is 37.5 Å². The molecular weight excluding hydrogens is 535 g/mol. The predicted molar refractivity (Wildman–Crippen MR) is 143 cm³/mol. The Hall–Kier alpha value is -4.92. The Kier molecular flexibility index (Phi) is 6.78. The number of hydrogen-bond donors (Lipinski definition) is 1. The summed E-state index contributed by atoms with van der Waals surface area (Å²) in [6.07, 6.45) is 6.48. The summed E-state index contributed by atoms with van der Waals surface area (Å²) in [7, 11) is 0. The second kappa shape index (κ2) is 10.6. The molecule has 1 aliphatic heterocycles. The number of carbonyl (C=O) groups excluding carboxylic acids is 1. The number of benzene rings is 2. The van der Waals surface area contributed by atoms with Crippen LogP contribution < -0.4 is 10.5 Å². The molecule has 1 saturated heterocycles. The lowest BCUT2D eigenvalue weighted by Gasteiger charge is -2.24. The van der Waals surface area contributed by atoms with E-state index >= 15 is 4.39 Å². The smallest absolute Gasteiger partial charge is 0.264 e. The Morgan fingerprint density at radius 3 is 2.59 bits per heavy atom. The minimum Gasteiger partial charge on any atom is -0.457 e. The average Bonchev–Trinajstić information content (AvgIpc) is 3.51. The molecule has 12 heteroatoms. The molecule has 1 amide bonds. The van der Waals surface area contributed by atoms with Gasteiger partial charge in [-0.2, -0.15) is 10.4 Å². The summed E-state index contributed by atoms with van der Waals surface area (Å²) in [6, 6.07) is 8.42.